The number of rotatable bonds is 7. The van der Waals surface area contributed by atoms with E-state index in [4.69, 9.17) is 14.9 Å². The molecule has 1 fully saturated rings. The molecule has 8 nitrogen and oxygen atoms in total. The van der Waals surface area contributed by atoms with Gasteiger partial charge in [0.1, 0.15) is 11.9 Å². The Bertz CT molecular complexity index is 366. The van der Waals surface area contributed by atoms with Gasteiger partial charge in [-0.15, -0.1) is 0 Å². The van der Waals surface area contributed by atoms with Crippen LogP contribution in [0.2, 0.25) is 0 Å². The molecule has 0 saturated carbocycles. The highest BCUT2D eigenvalue weighted by atomic mass is 31.2. The van der Waals surface area contributed by atoms with Gasteiger partial charge in [0.25, 0.3) is 7.52 Å². The third kappa shape index (κ3) is 4.38. The van der Waals surface area contributed by atoms with Crippen molar-refractivity contribution in [1.29, 1.82) is 0 Å². The van der Waals surface area contributed by atoms with E-state index in [1.165, 1.54) is 0 Å². The first-order valence-corrected chi connectivity index (χ1v) is 7.22. The zero-order chi connectivity index (χ0) is 13.8. The smallest absolute Gasteiger partial charge is 0.321 e. The molecule has 0 aromatic carbocycles. The minimum Gasteiger partial charge on any atom is -0.481 e. The fourth-order valence-corrected chi connectivity index (χ4v) is 3.35. The molecule has 18 heavy (non-hydrogen) atoms. The summed E-state index contributed by atoms with van der Waals surface area (Å²) >= 11 is 0. The van der Waals surface area contributed by atoms with Gasteiger partial charge in [0, 0.05) is 13.0 Å². The van der Waals surface area contributed by atoms with Crippen LogP contribution in [0.15, 0.2) is 0 Å². The minimum atomic E-state index is -3.96. The zero-order valence-electron chi connectivity index (χ0n) is 9.61. The van der Waals surface area contributed by atoms with Crippen molar-refractivity contribution in [3.63, 3.8) is 0 Å². The summed E-state index contributed by atoms with van der Waals surface area (Å²) in [6.45, 7) is 0.365. The molecule has 0 amide bonds. The number of ether oxygens (including phenoxy) is 1. The standard InChI is InChI=1S/C9H16NO7P/c11-7(12)4-3-6(9(13)14)10-18(15,16)8-2-1-5-17-8/h6,8H,1-5H2,(H,11,12)(H,13,14)(H2,10,15,16). The Morgan fingerprint density at radius 2 is 2.11 bits per heavy atom. The molecule has 1 aliphatic rings. The lowest BCUT2D eigenvalue weighted by Crippen LogP contribution is -2.37. The van der Waals surface area contributed by atoms with Crippen LogP contribution in [0.3, 0.4) is 0 Å². The van der Waals surface area contributed by atoms with Crippen LogP contribution in [0.1, 0.15) is 25.7 Å². The number of carboxylic acids is 2. The van der Waals surface area contributed by atoms with E-state index in [1.807, 2.05) is 0 Å². The van der Waals surface area contributed by atoms with Crippen LogP contribution in [0, 0.1) is 0 Å². The Labute approximate surface area is 103 Å². The largest absolute Gasteiger partial charge is 0.481 e. The molecular formula is C9H16NO7P. The lowest BCUT2D eigenvalue weighted by Gasteiger charge is -2.22. The predicted molar refractivity (Wildman–Crippen MR) is 60.2 cm³/mol. The maximum absolute atomic E-state index is 11.9. The number of nitrogens with one attached hydrogen (secondary N) is 1. The Balaban J connectivity index is 2.61. The lowest BCUT2D eigenvalue weighted by molar-refractivity contribution is -0.140. The summed E-state index contributed by atoms with van der Waals surface area (Å²) in [6, 6.07) is -1.37. The van der Waals surface area contributed by atoms with E-state index in [1.54, 1.807) is 0 Å². The topological polar surface area (TPSA) is 133 Å². The molecule has 0 aromatic heterocycles. The molecule has 0 bridgehead atoms. The van der Waals surface area contributed by atoms with E-state index in [2.05, 4.69) is 5.09 Å². The highest BCUT2D eigenvalue weighted by molar-refractivity contribution is 7.56. The molecule has 3 atom stereocenters. The van der Waals surface area contributed by atoms with Gasteiger partial charge < -0.3 is 19.8 Å². The third-order valence-corrected chi connectivity index (χ3v) is 4.45. The fourth-order valence-electron chi connectivity index (χ4n) is 1.65. The van der Waals surface area contributed by atoms with Crippen LogP contribution >= 0.6 is 7.52 Å². The maximum atomic E-state index is 11.9. The lowest BCUT2D eigenvalue weighted by atomic mass is 10.2. The molecule has 1 aliphatic heterocycles. The summed E-state index contributed by atoms with van der Waals surface area (Å²) in [5.74, 6) is -3.43. The van der Waals surface area contributed by atoms with E-state index < -0.39 is 37.8 Å². The molecule has 4 N–H and O–H groups in total. The van der Waals surface area contributed by atoms with Gasteiger partial charge in [-0.1, -0.05) is 0 Å². The van der Waals surface area contributed by atoms with Gasteiger partial charge in [0.15, 0.2) is 0 Å². The minimum absolute atomic E-state index is 0.262. The zero-order valence-corrected chi connectivity index (χ0v) is 10.5. The molecule has 0 aliphatic carbocycles. The third-order valence-electron chi connectivity index (χ3n) is 2.58. The Hall–Kier alpha value is -0.950. The second kappa shape index (κ2) is 6.29. The van der Waals surface area contributed by atoms with Crippen molar-refractivity contribution >= 4 is 19.5 Å². The first kappa shape index (κ1) is 15.1. The summed E-state index contributed by atoms with van der Waals surface area (Å²) in [6.07, 6.45) is 0.368. The van der Waals surface area contributed by atoms with Crippen molar-refractivity contribution in [2.45, 2.75) is 37.6 Å². The number of hydrogen-bond donors (Lipinski definition) is 4. The molecule has 0 aromatic rings. The quantitative estimate of drug-likeness (QED) is 0.487. The van der Waals surface area contributed by atoms with Gasteiger partial charge in [-0.05, 0) is 19.3 Å². The number of aliphatic carboxylic acids is 2. The number of carboxylic acid groups (broad SMARTS) is 2. The summed E-state index contributed by atoms with van der Waals surface area (Å²) in [7, 11) is -3.96. The average Bonchev–Trinajstić information content (AvgIpc) is 2.77. The second-order valence-electron chi connectivity index (χ2n) is 4.04. The van der Waals surface area contributed by atoms with E-state index in [-0.39, 0.29) is 6.42 Å². The van der Waals surface area contributed by atoms with E-state index in [9.17, 15) is 19.0 Å². The highest BCUT2D eigenvalue weighted by Gasteiger charge is 2.38. The van der Waals surface area contributed by atoms with Gasteiger partial charge in [0.2, 0.25) is 0 Å². The number of carbonyl (C=O) groups is 2. The van der Waals surface area contributed by atoms with Gasteiger partial charge in [-0.25, -0.2) is 5.09 Å². The molecule has 0 radical (unpaired) electrons. The molecule has 1 saturated heterocycles. The molecule has 104 valence electrons. The van der Waals surface area contributed by atoms with E-state index >= 15 is 0 Å². The summed E-state index contributed by atoms with van der Waals surface area (Å²) in [5, 5.41) is 19.5. The molecule has 9 heteroatoms. The maximum Gasteiger partial charge on any atom is 0.321 e. The van der Waals surface area contributed by atoms with Gasteiger partial charge in [-0.3, -0.25) is 14.2 Å². The van der Waals surface area contributed by atoms with E-state index in [0.717, 1.165) is 0 Å². The van der Waals surface area contributed by atoms with Crippen LogP contribution in [0.4, 0.5) is 0 Å². The van der Waals surface area contributed by atoms with Crippen molar-refractivity contribution in [3.8, 4) is 0 Å². The predicted octanol–water partition coefficient (Wildman–Crippen LogP) is 0.216. The first-order valence-electron chi connectivity index (χ1n) is 5.49. The van der Waals surface area contributed by atoms with Crippen molar-refractivity contribution in [2.75, 3.05) is 6.61 Å². The van der Waals surface area contributed by atoms with Gasteiger partial charge >= 0.3 is 11.9 Å². The summed E-state index contributed by atoms with van der Waals surface area (Å²) < 4.78 is 16.9. The number of hydrogen-bond acceptors (Lipinski definition) is 4. The molecule has 0 spiro atoms. The van der Waals surface area contributed by atoms with Crippen LogP contribution in [0.5, 0.6) is 0 Å². The molecule has 3 unspecified atom stereocenters. The van der Waals surface area contributed by atoms with Crippen LogP contribution in [0.25, 0.3) is 0 Å². The van der Waals surface area contributed by atoms with Crippen LogP contribution in [-0.2, 0) is 18.9 Å². The Morgan fingerprint density at radius 1 is 1.44 bits per heavy atom. The summed E-state index contributed by atoms with van der Waals surface area (Å²) in [5.41, 5.74) is 0. The monoisotopic (exact) mass is 281 g/mol. The normalized spacial score (nSPS) is 24.4. The highest BCUT2D eigenvalue weighted by Crippen LogP contribution is 2.47. The van der Waals surface area contributed by atoms with Crippen molar-refractivity contribution in [2.24, 2.45) is 0 Å². The second-order valence-corrected chi connectivity index (χ2v) is 6.12. The van der Waals surface area contributed by atoms with Gasteiger partial charge in [0.05, 0.1) is 0 Å². The molecule has 1 rings (SSSR count). The van der Waals surface area contributed by atoms with Crippen LogP contribution in [-0.4, -0.2) is 45.5 Å². The van der Waals surface area contributed by atoms with Crippen molar-refractivity contribution < 1.29 is 34.0 Å². The SMILES string of the molecule is O=C(O)CCC(NP(=O)(O)C1CCCO1)C(=O)O. The fraction of sp³-hybridized carbons (Fsp3) is 0.778. The van der Waals surface area contributed by atoms with Crippen molar-refractivity contribution in [1.82, 2.24) is 5.09 Å². The Morgan fingerprint density at radius 3 is 2.56 bits per heavy atom. The van der Waals surface area contributed by atoms with Crippen LogP contribution < -0.4 is 5.09 Å². The van der Waals surface area contributed by atoms with Crippen molar-refractivity contribution in [3.05, 3.63) is 0 Å². The van der Waals surface area contributed by atoms with Gasteiger partial charge in [-0.2, -0.15) is 0 Å². The molecule has 1 heterocycles. The molecular weight excluding hydrogens is 265 g/mol. The van der Waals surface area contributed by atoms with E-state index in [0.29, 0.717) is 19.4 Å². The first-order chi connectivity index (χ1) is 8.33. The Kier molecular flexibility index (Phi) is 5.28. The average molecular weight is 281 g/mol. The summed E-state index contributed by atoms with van der Waals surface area (Å²) in [4.78, 5) is 31.0.